The second kappa shape index (κ2) is 10.9. The molecular formula is C26H27BrN6O2. The van der Waals surface area contributed by atoms with Crippen LogP contribution in [0.1, 0.15) is 36.4 Å². The average molecular weight is 535 g/mol. The van der Waals surface area contributed by atoms with Crippen molar-refractivity contribution in [3.63, 3.8) is 0 Å². The van der Waals surface area contributed by atoms with Gasteiger partial charge in [-0.15, -0.1) is 0 Å². The monoisotopic (exact) mass is 534 g/mol. The van der Waals surface area contributed by atoms with E-state index in [0.29, 0.717) is 19.6 Å². The second-order valence-electron chi connectivity index (χ2n) is 8.58. The predicted molar refractivity (Wildman–Crippen MR) is 137 cm³/mol. The summed E-state index contributed by atoms with van der Waals surface area (Å²) in [5, 5.41) is 7.95. The standard InChI is InChI=1S/C26H27BrN6O2/c27-22-18-30-33-24(29-17-19-5-4-11-28-16-19)15-23(31-26(22)33)20-8-12-32(13-9-20)25(34)10-14-35-21-6-2-1-3-7-21/h1-7,11,15-16,18,20,29H,8-10,12-14,17H2. The topological polar surface area (TPSA) is 84.7 Å². The van der Waals surface area contributed by atoms with Crippen LogP contribution in [-0.2, 0) is 11.3 Å². The number of carbonyl (C=O) groups is 1. The van der Waals surface area contributed by atoms with E-state index >= 15 is 0 Å². The summed E-state index contributed by atoms with van der Waals surface area (Å²) in [6.45, 7) is 2.48. The van der Waals surface area contributed by atoms with Crippen LogP contribution in [0, 0.1) is 0 Å². The summed E-state index contributed by atoms with van der Waals surface area (Å²) in [4.78, 5) is 23.7. The number of hydrogen-bond donors (Lipinski definition) is 1. The van der Waals surface area contributed by atoms with Crippen molar-refractivity contribution in [3.05, 3.63) is 82.9 Å². The SMILES string of the molecule is O=C(CCOc1ccccc1)N1CCC(c2cc(NCc3cccnc3)n3ncc(Br)c3n2)CC1. The molecule has 0 atom stereocenters. The van der Waals surface area contributed by atoms with Crippen LogP contribution < -0.4 is 10.1 Å². The molecule has 8 nitrogen and oxygen atoms in total. The van der Waals surface area contributed by atoms with E-state index in [0.717, 1.165) is 58.9 Å². The van der Waals surface area contributed by atoms with Crippen molar-refractivity contribution < 1.29 is 9.53 Å². The fourth-order valence-corrected chi connectivity index (χ4v) is 4.69. The van der Waals surface area contributed by atoms with E-state index < -0.39 is 0 Å². The zero-order chi connectivity index (χ0) is 24.0. The molecule has 35 heavy (non-hydrogen) atoms. The van der Waals surface area contributed by atoms with E-state index in [4.69, 9.17) is 9.72 Å². The highest BCUT2D eigenvalue weighted by Gasteiger charge is 2.26. The lowest BCUT2D eigenvalue weighted by Crippen LogP contribution is -2.38. The summed E-state index contributed by atoms with van der Waals surface area (Å²) >= 11 is 3.58. The van der Waals surface area contributed by atoms with Crippen LogP contribution in [-0.4, -0.2) is 50.1 Å². The molecule has 1 aliphatic rings. The van der Waals surface area contributed by atoms with Crippen LogP contribution in [0.5, 0.6) is 5.75 Å². The van der Waals surface area contributed by atoms with E-state index in [2.05, 4.69) is 37.4 Å². The number of likely N-dealkylation sites (tertiary alicyclic amines) is 1. The van der Waals surface area contributed by atoms with Crippen molar-refractivity contribution in [2.24, 2.45) is 0 Å². The highest BCUT2D eigenvalue weighted by Crippen LogP contribution is 2.31. The number of hydrogen-bond acceptors (Lipinski definition) is 6. The van der Waals surface area contributed by atoms with Crippen molar-refractivity contribution in [1.29, 1.82) is 0 Å². The highest BCUT2D eigenvalue weighted by atomic mass is 79.9. The van der Waals surface area contributed by atoms with Crippen LogP contribution in [0.3, 0.4) is 0 Å². The molecule has 1 N–H and O–H groups in total. The number of anilines is 1. The number of benzene rings is 1. The van der Waals surface area contributed by atoms with Gasteiger partial charge in [0.2, 0.25) is 5.91 Å². The molecule has 5 rings (SSSR count). The first kappa shape index (κ1) is 23.3. The largest absolute Gasteiger partial charge is 0.493 e. The zero-order valence-electron chi connectivity index (χ0n) is 19.3. The number of piperidine rings is 1. The Balaban J connectivity index is 1.21. The number of ether oxygens (including phenoxy) is 1. The van der Waals surface area contributed by atoms with Crippen molar-refractivity contribution >= 4 is 33.3 Å². The first-order chi connectivity index (χ1) is 17.2. The molecule has 4 heterocycles. The summed E-state index contributed by atoms with van der Waals surface area (Å²) in [7, 11) is 0. The van der Waals surface area contributed by atoms with Crippen LogP contribution >= 0.6 is 15.9 Å². The Bertz CT molecular complexity index is 1270. The Hall–Kier alpha value is -3.46. The number of halogens is 1. The van der Waals surface area contributed by atoms with Gasteiger partial charge in [-0.1, -0.05) is 24.3 Å². The van der Waals surface area contributed by atoms with Gasteiger partial charge in [-0.25, -0.2) is 4.98 Å². The minimum absolute atomic E-state index is 0.139. The molecule has 0 saturated carbocycles. The number of aromatic nitrogens is 4. The fraction of sp³-hybridized carbons (Fsp3) is 0.308. The second-order valence-corrected chi connectivity index (χ2v) is 9.43. The minimum Gasteiger partial charge on any atom is -0.493 e. The summed E-state index contributed by atoms with van der Waals surface area (Å²) in [5.74, 6) is 2.10. The molecule has 1 aromatic carbocycles. The molecule has 0 bridgehead atoms. The Morgan fingerprint density at radius 2 is 1.94 bits per heavy atom. The maximum Gasteiger partial charge on any atom is 0.225 e. The molecule has 1 aliphatic heterocycles. The number of rotatable bonds is 8. The van der Waals surface area contributed by atoms with Crippen LogP contribution in [0.15, 0.2) is 71.6 Å². The maximum absolute atomic E-state index is 12.7. The summed E-state index contributed by atoms with van der Waals surface area (Å²) in [5.41, 5.74) is 2.90. The summed E-state index contributed by atoms with van der Waals surface area (Å²) in [6, 6.07) is 15.6. The maximum atomic E-state index is 12.7. The predicted octanol–water partition coefficient (Wildman–Crippen LogP) is 4.67. The van der Waals surface area contributed by atoms with Crippen LogP contribution in [0.2, 0.25) is 0 Å². The molecule has 1 amide bonds. The third-order valence-electron chi connectivity index (χ3n) is 6.24. The minimum atomic E-state index is 0.139. The number of nitrogens with one attached hydrogen (secondary N) is 1. The van der Waals surface area contributed by atoms with Gasteiger partial charge in [-0.2, -0.15) is 9.61 Å². The third kappa shape index (κ3) is 5.62. The number of nitrogens with zero attached hydrogens (tertiary/aromatic N) is 5. The lowest BCUT2D eigenvalue weighted by atomic mass is 9.93. The van der Waals surface area contributed by atoms with Crippen LogP contribution in [0.25, 0.3) is 5.65 Å². The number of amides is 1. The van der Waals surface area contributed by atoms with E-state index in [-0.39, 0.29) is 11.8 Å². The van der Waals surface area contributed by atoms with Crippen LogP contribution in [0.4, 0.5) is 5.82 Å². The van der Waals surface area contributed by atoms with E-state index in [1.165, 1.54) is 0 Å². The Labute approximate surface area is 212 Å². The summed E-state index contributed by atoms with van der Waals surface area (Å²) < 4.78 is 8.36. The molecule has 0 unspecified atom stereocenters. The Morgan fingerprint density at radius 3 is 2.71 bits per heavy atom. The van der Waals surface area contributed by atoms with E-state index in [9.17, 15) is 4.79 Å². The fourth-order valence-electron chi connectivity index (χ4n) is 4.34. The molecule has 3 aromatic heterocycles. The molecule has 1 fully saturated rings. The smallest absolute Gasteiger partial charge is 0.225 e. The van der Waals surface area contributed by atoms with E-state index in [1.807, 2.05) is 58.1 Å². The van der Waals surface area contributed by atoms with Gasteiger partial charge < -0.3 is 15.0 Å². The zero-order valence-corrected chi connectivity index (χ0v) is 20.9. The van der Waals surface area contributed by atoms with Gasteiger partial charge in [0.25, 0.3) is 0 Å². The quantitative estimate of drug-likeness (QED) is 0.353. The van der Waals surface area contributed by atoms with Crippen molar-refractivity contribution in [2.45, 2.75) is 31.7 Å². The van der Waals surface area contributed by atoms with Gasteiger partial charge in [-0.05, 0) is 52.5 Å². The summed E-state index contributed by atoms with van der Waals surface area (Å²) in [6.07, 6.45) is 7.52. The van der Waals surface area contributed by atoms with E-state index in [1.54, 1.807) is 12.4 Å². The molecule has 180 valence electrons. The normalized spacial score (nSPS) is 14.3. The van der Waals surface area contributed by atoms with Gasteiger partial charge in [0.05, 0.1) is 23.7 Å². The molecule has 1 saturated heterocycles. The molecule has 4 aromatic rings. The first-order valence-electron chi connectivity index (χ1n) is 11.8. The lowest BCUT2D eigenvalue weighted by molar-refractivity contribution is -0.132. The Kier molecular flexibility index (Phi) is 7.23. The van der Waals surface area contributed by atoms with Crippen molar-refractivity contribution in [1.82, 2.24) is 24.5 Å². The van der Waals surface area contributed by atoms with Gasteiger partial charge in [0.1, 0.15) is 11.6 Å². The van der Waals surface area contributed by atoms with Gasteiger partial charge in [0, 0.05) is 49.7 Å². The Morgan fingerprint density at radius 1 is 1.11 bits per heavy atom. The average Bonchev–Trinajstić information content (AvgIpc) is 3.29. The number of fused-ring (bicyclic) bond motifs is 1. The van der Waals surface area contributed by atoms with Gasteiger partial charge in [0.15, 0.2) is 5.65 Å². The number of pyridine rings is 1. The molecule has 0 spiro atoms. The highest BCUT2D eigenvalue weighted by molar-refractivity contribution is 9.10. The molecule has 9 heteroatoms. The van der Waals surface area contributed by atoms with Crippen molar-refractivity contribution in [2.75, 3.05) is 25.0 Å². The lowest BCUT2D eigenvalue weighted by Gasteiger charge is -2.32. The number of carbonyl (C=O) groups excluding carboxylic acids is 1. The first-order valence-corrected chi connectivity index (χ1v) is 12.6. The number of para-hydroxylation sites is 1. The van der Waals surface area contributed by atoms with Crippen molar-refractivity contribution in [3.8, 4) is 5.75 Å². The third-order valence-corrected chi connectivity index (χ3v) is 6.80. The van der Waals surface area contributed by atoms with Gasteiger partial charge >= 0.3 is 0 Å². The molecular weight excluding hydrogens is 508 g/mol. The molecule has 0 radical (unpaired) electrons. The molecule has 0 aliphatic carbocycles. The van der Waals surface area contributed by atoms with Gasteiger partial charge in [-0.3, -0.25) is 9.78 Å².